The highest BCUT2D eigenvalue weighted by Crippen LogP contribution is 2.34. The first-order valence-corrected chi connectivity index (χ1v) is 9.36. The standard InChI is InChI=1S/C17H21ClF3N7O/c18-12-8-11(17(19,20)21)9-24-14(12)27-16-13(22)15(25-10-26-16)23-2-1-3-28-4-6-29-7-5-28/h8-10H,1-7,22H2,(H2,23,24,25,26,27). The van der Waals surface area contributed by atoms with Crippen molar-refractivity contribution in [1.29, 1.82) is 0 Å². The van der Waals surface area contributed by atoms with Gasteiger partial charge in [-0.15, -0.1) is 0 Å². The number of ether oxygens (including phenoxy) is 1. The van der Waals surface area contributed by atoms with Gasteiger partial charge >= 0.3 is 6.18 Å². The van der Waals surface area contributed by atoms with E-state index in [1.54, 1.807) is 0 Å². The summed E-state index contributed by atoms with van der Waals surface area (Å²) in [5.74, 6) is 0.640. The highest BCUT2D eigenvalue weighted by Gasteiger charge is 2.31. The molecule has 0 bridgehead atoms. The molecule has 0 aliphatic carbocycles. The lowest BCUT2D eigenvalue weighted by Crippen LogP contribution is -2.37. The quantitative estimate of drug-likeness (QED) is 0.575. The van der Waals surface area contributed by atoms with Crippen molar-refractivity contribution in [3.63, 3.8) is 0 Å². The summed E-state index contributed by atoms with van der Waals surface area (Å²) in [5, 5.41) is 5.70. The van der Waals surface area contributed by atoms with E-state index in [0.29, 0.717) is 18.6 Å². The first kappa shape index (κ1) is 21.3. The zero-order chi connectivity index (χ0) is 20.9. The Morgan fingerprint density at radius 1 is 1.14 bits per heavy atom. The van der Waals surface area contributed by atoms with E-state index in [9.17, 15) is 13.2 Å². The second-order valence-electron chi connectivity index (χ2n) is 6.40. The van der Waals surface area contributed by atoms with Crippen LogP contribution in [0.25, 0.3) is 0 Å². The van der Waals surface area contributed by atoms with Gasteiger partial charge in [0.1, 0.15) is 17.8 Å². The number of pyridine rings is 1. The number of nitrogen functional groups attached to an aromatic ring is 1. The number of nitrogens with two attached hydrogens (primary N) is 1. The van der Waals surface area contributed by atoms with Crippen LogP contribution in [0.2, 0.25) is 5.02 Å². The first-order chi connectivity index (χ1) is 13.8. The van der Waals surface area contributed by atoms with Crippen LogP contribution in [0.1, 0.15) is 12.0 Å². The van der Waals surface area contributed by atoms with Crippen LogP contribution in [0.15, 0.2) is 18.6 Å². The predicted octanol–water partition coefficient (Wildman–Crippen LogP) is 3.00. The number of halogens is 4. The van der Waals surface area contributed by atoms with Crippen molar-refractivity contribution >= 4 is 34.7 Å². The van der Waals surface area contributed by atoms with Gasteiger partial charge in [0.25, 0.3) is 0 Å². The summed E-state index contributed by atoms with van der Waals surface area (Å²) in [4.78, 5) is 14.2. The molecule has 12 heteroatoms. The molecule has 0 saturated carbocycles. The van der Waals surface area contributed by atoms with Gasteiger partial charge in [-0.3, -0.25) is 4.90 Å². The van der Waals surface area contributed by atoms with E-state index in [1.807, 2.05) is 0 Å². The maximum atomic E-state index is 12.7. The van der Waals surface area contributed by atoms with Crippen molar-refractivity contribution in [2.45, 2.75) is 12.6 Å². The Hall–Kier alpha value is -2.37. The molecule has 0 radical (unpaired) electrons. The molecular formula is C17H21ClF3N7O. The normalized spacial score (nSPS) is 15.3. The Balaban J connectivity index is 1.60. The Labute approximate surface area is 170 Å². The number of rotatable bonds is 7. The van der Waals surface area contributed by atoms with Gasteiger partial charge in [0.05, 0.1) is 23.8 Å². The van der Waals surface area contributed by atoms with Gasteiger partial charge in [-0.05, 0) is 19.0 Å². The van der Waals surface area contributed by atoms with Gasteiger partial charge in [0.2, 0.25) is 0 Å². The van der Waals surface area contributed by atoms with Gasteiger partial charge in [-0.2, -0.15) is 13.2 Å². The van der Waals surface area contributed by atoms with Crippen LogP contribution >= 0.6 is 11.6 Å². The monoisotopic (exact) mass is 431 g/mol. The zero-order valence-electron chi connectivity index (χ0n) is 15.5. The Morgan fingerprint density at radius 3 is 2.55 bits per heavy atom. The number of nitrogens with zero attached hydrogens (tertiary/aromatic N) is 4. The Bertz CT molecular complexity index is 831. The maximum Gasteiger partial charge on any atom is 0.417 e. The highest BCUT2D eigenvalue weighted by molar-refractivity contribution is 6.33. The smallest absolute Gasteiger partial charge is 0.393 e. The van der Waals surface area contributed by atoms with Crippen LogP contribution in [-0.4, -0.2) is 59.2 Å². The van der Waals surface area contributed by atoms with E-state index in [1.165, 1.54) is 6.33 Å². The number of anilines is 4. The van der Waals surface area contributed by atoms with Crippen molar-refractivity contribution in [2.24, 2.45) is 0 Å². The average molecular weight is 432 g/mol. The molecule has 158 valence electrons. The van der Waals surface area contributed by atoms with Gasteiger partial charge < -0.3 is 21.1 Å². The molecule has 3 rings (SSSR count). The molecule has 0 aromatic carbocycles. The van der Waals surface area contributed by atoms with Crippen LogP contribution in [0.5, 0.6) is 0 Å². The lowest BCUT2D eigenvalue weighted by atomic mass is 10.2. The van der Waals surface area contributed by atoms with Crippen LogP contribution < -0.4 is 16.4 Å². The fraction of sp³-hybridized carbons (Fsp3) is 0.471. The molecule has 2 aromatic heterocycles. The first-order valence-electron chi connectivity index (χ1n) is 8.99. The van der Waals surface area contributed by atoms with E-state index in [-0.39, 0.29) is 22.3 Å². The second-order valence-corrected chi connectivity index (χ2v) is 6.80. The fourth-order valence-electron chi connectivity index (χ4n) is 2.77. The summed E-state index contributed by atoms with van der Waals surface area (Å²) >= 11 is 5.92. The van der Waals surface area contributed by atoms with Crippen molar-refractivity contribution in [2.75, 3.05) is 55.8 Å². The van der Waals surface area contributed by atoms with Gasteiger partial charge in [0, 0.05) is 25.8 Å². The summed E-state index contributed by atoms with van der Waals surface area (Å²) in [7, 11) is 0. The molecule has 1 fully saturated rings. The molecule has 2 aromatic rings. The number of hydrogen-bond acceptors (Lipinski definition) is 8. The number of nitrogens with one attached hydrogen (secondary N) is 2. The predicted molar refractivity (Wildman–Crippen MR) is 104 cm³/mol. The van der Waals surface area contributed by atoms with E-state index in [2.05, 4.69) is 30.5 Å². The highest BCUT2D eigenvalue weighted by atomic mass is 35.5. The molecular weight excluding hydrogens is 411 g/mol. The third kappa shape index (κ3) is 5.81. The summed E-state index contributed by atoms with van der Waals surface area (Å²) < 4.78 is 43.5. The maximum absolute atomic E-state index is 12.7. The topological polar surface area (TPSA) is 101 Å². The van der Waals surface area contributed by atoms with Crippen LogP contribution in [-0.2, 0) is 10.9 Å². The lowest BCUT2D eigenvalue weighted by molar-refractivity contribution is -0.137. The summed E-state index contributed by atoms with van der Waals surface area (Å²) in [6.45, 7) is 4.92. The Morgan fingerprint density at radius 2 is 1.86 bits per heavy atom. The number of hydrogen-bond donors (Lipinski definition) is 3. The number of alkyl halides is 3. The molecule has 3 heterocycles. The third-order valence-electron chi connectivity index (χ3n) is 4.34. The molecule has 1 aliphatic rings. The van der Waals surface area contributed by atoms with Crippen LogP contribution in [0.4, 0.5) is 36.3 Å². The molecule has 4 N–H and O–H groups in total. The Kier molecular flexibility index (Phi) is 6.93. The van der Waals surface area contributed by atoms with E-state index in [0.717, 1.165) is 45.3 Å². The van der Waals surface area contributed by atoms with E-state index < -0.39 is 11.7 Å². The van der Waals surface area contributed by atoms with E-state index >= 15 is 0 Å². The minimum Gasteiger partial charge on any atom is -0.393 e. The molecule has 0 unspecified atom stereocenters. The van der Waals surface area contributed by atoms with Crippen molar-refractivity contribution in [3.05, 3.63) is 29.2 Å². The molecule has 0 atom stereocenters. The van der Waals surface area contributed by atoms with Crippen molar-refractivity contribution in [3.8, 4) is 0 Å². The molecule has 8 nitrogen and oxygen atoms in total. The molecule has 0 amide bonds. The average Bonchev–Trinajstić information content (AvgIpc) is 2.69. The van der Waals surface area contributed by atoms with E-state index in [4.69, 9.17) is 22.1 Å². The number of aromatic nitrogens is 3. The third-order valence-corrected chi connectivity index (χ3v) is 4.62. The molecule has 29 heavy (non-hydrogen) atoms. The zero-order valence-corrected chi connectivity index (χ0v) is 16.2. The van der Waals surface area contributed by atoms with Crippen LogP contribution in [0, 0.1) is 0 Å². The second kappa shape index (κ2) is 9.42. The molecule has 0 spiro atoms. The fourth-order valence-corrected chi connectivity index (χ4v) is 2.98. The van der Waals surface area contributed by atoms with Crippen molar-refractivity contribution in [1.82, 2.24) is 19.9 Å². The van der Waals surface area contributed by atoms with Gasteiger partial charge in [-0.25, -0.2) is 15.0 Å². The summed E-state index contributed by atoms with van der Waals surface area (Å²) in [6.07, 6.45) is -1.66. The summed E-state index contributed by atoms with van der Waals surface area (Å²) in [6, 6.07) is 0.791. The molecule has 1 aliphatic heterocycles. The summed E-state index contributed by atoms with van der Waals surface area (Å²) in [5.41, 5.74) is 5.36. The molecule has 1 saturated heterocycles. The van der Waals surface area contributed by atoms with Gasteiger partial charge in [0.15, 0.2) is 11.6 Å². The van der Waals surface area contributed by atoms with Crippen molar-refractivity contribution < 1.29 is 17.9 Å². The largest absolute Gasteiger partial charge is 0.417 e. The van der Waals surface area contributed by atoms with Crippen LogP contribution in [0.3, 0.4) is 0 Å². The number of morpholine rings is 1. The lowest BCUT2D eigenvalue weighted by Gasteiger charge is -2.26. The minimum atomic E-state index is -4.53. The SMILES string of the molecule is Nc1c(NCCCN2CCOCC2)ncnc1Nc1ncc(C(F)(F)F)cc1Cl. The van der Waals surface area contributed by atoms with Gasteiger partial charge in [-0.1, -0.05) is 11.6 Å². The minimum absolute atomic E-state index is 0.0170.